The molecule has 0 aliphatic heterocycles. The molecule has 22 heavy (non-hydrogen) atoms. The lowest BCUT2D eigenvalue weighted by Crippen LogP contribution is -2.37. The Morgan fingerprint density at radius 3 is 2.68 bits per heavy atom. The molecule has 1 aliphatic rings. The highest BCUT2D eigenvalue weighted by molar-refractivity contribution is 5.89. The van der Waals surface area contributed by atoms with E-state index in [9.17, 15) is 4.79 Å². The molecule has 2 amide bonds. The molecule has 5 heteroatoms. The van der Waals surface area contributed by atoms with Crippen molar-refractivity contribution in [2.45, 2.75) is 38.0 Å². The van der Waals surface area contributed by atoms with E-state index in [0.717, 1.165) is 12.1 Å². The lowest BCUT2D eigenvalue weighted by Gasteiger charge is -2.18. The number of anilines is 1. The molecule has 1 aliphatic carbocycles. The number of rotatable bonds is 5. The van der Waals surface area contributed by atoms with Crippen LogP contribution in [-0.2, 0) is 6.42 Å². The Hall–Kier alpha value is -2.30. The van der Waals surface area contributed by atoms with Gasteiger partial charge in [0.25, 0.3) is 0 Å². The van der Waals surface area contributed by atoms with Gasteiger partial charge in [0, 0.05) is 18.5 Å². The molecule has 2 aromatic rings. The van der Waals surface area contributed by atoms with Gasteiger partial charge in [-0.25, -0.2) is 4.79 Å². The van der Waals surface area contributed by atoms with E-state index in [1.807, 2.05) is 24.3 Å². The van der Waals surface area contributed by atoms with Crippen molar-refractivity contribution >= 4 is 11.8 Å². The van der Waals surface area contributed by atoms with Crippen LogP contribution < -0.4 is 10.6 Å². The fourth-order valence-electron chi connectivity index (χ4n) is 3.13. The second kappa shape index (κ2) is 6.64. The van der Waals surface area contributed by atoms with E-state index in [4.69, 9.17) is 5.73 Å². The van der Waals surface area contributed by atoms with E-state index in [-0.39, 0.29) is 0 Å². The van der Waals surface area contributed by atoms with E-state index in [1.165, 1.54) is 31.2 Å². The fraction of sp³-hybridized carbons (Fsp3) is 0.412. The lowest BCUT2D eigenvalue weighted by molar-refractivity contribution is 0.254. The van der Waals surface area contributed by atoms with E-state index in [0.29, 0.717) is 18.3 Å². The number of primary amides is 1. The molecule has 116 valence electrons. The number of H-pyrrole nitrogens is 1. The summed E-state index contributed by atoms with van der Waals surface area (Å²) in [6.07, 6.45) is 5.66. The Bertz CT molecular complexity index is 617. The van der Waals surface area contributed by atoms with Crippen LogP contribution in [0, 0.1) is 0 Å². The summed E-state index contributed by atoms with van der Waals surface area (Å²) in [6, 6.07) is 11.6. The standard InChI is InChI=1S/C17H22N4O/c18-17(22)21(11-10-13-6-2-1-3-7-13)16-12-15(19-20-16)14-8-4-5-9-14/h1-3,6-7,12,14H,4-5,8-11H2,(H2,18,22)(H,19,20). The van der Waals surface area contributed by atoms with E-state index < -0.39 is 6.03 Å². The van der Waals surface area contributed by atoms with Gasteiger partial charge in [0.2, 0.25) is 0 Å². The number of carbonyl (C=O) groups is 1. The van der Waals surface area contributed by atoms with Gasteiger partial charge in [-0.2, -0.15) is 5.10 Å². The lowest BCUT2D eigenvalue weighted by atomic mass is 10.0. The highest BCUT2D eigenvalue weighted by Gasteiger charge is 2.22. The molecule has 1 fully saturated rings. The maximum atomic E-state index is 11.8. The number of nitrogens with two attached hydrogens (primary N) is 1. The zero-order chi connectivity index (χ0) is 15.4. The van der Waals surface area contributed by atoms with Gasteiger partial charge < -0.3 is 5.73 Å². The number of benzene rings is 1. The molecule has 1 heterocycles. The van der Waals surface area contributed by atoms with Crippen LogP contribution in [0.25, 0.3) is 0 Å². The summed E-state index contributed by atoms with van der Waals surface area (Å²) in [4.78, 5) is 13.3. The van der Waals surface area contributed by atoms with Crippen LogP contribution >= 0.6 is 0 Å². The third-order valence-electron chi connectivity index (χ3n) is 4.38. The predicted octanol–water partition coefficient (Wildman–Crippen LogP) is 3.20. The van der Waals surface area contributed by atoms with Crippen LogP contribution in [0.5, 0.6) is 0 Å². The normalized spacial score (nSPS) is 15.1. The Morgan fingerprint density at radius 1 is 1.27 bits per heavy atom. The molecule has 1 aromatic carbocycles. The minimum atomic E-state index is -0.447. The molecule has 0 atom stereocenters. The fourth-order valence-corrected chi connectivity index (χ4v) is 3.13. The van der Waals surface area contributed by atoms with Gasteiger partial charge >= 0.3 is 6.03 Å². The van der Waals surface area contributed by atoms with Crippen LogP contribution in [-0.4, -0.2) is 22.8 Å². The van der Waals surface area contributed by atoms with Crippen LogP contribution in [0.1, 0.15) is 42.9 Å². The van der Waals surface area contributed by atoms with Crippen LogP contribution in [0.15, 0.2) is 36.4 Å². The number of nitrogens with zero attached hydrogens (tertiary/aromatic N) is 2. The Kier molecular flexibility index (Phi) is 4.42. The van der Waals surface area contributed by atoms with E-state index in [2.05, 4.69) is 22.3 Å². The second-order valence-corrected chi connectivity index (χ2v) is 5.88. The van der Waals surface area contributed by atoms with Gasteiger partial charge in [0.1, 0.15) is 5.82 Å². The van der Waals surface area contributed by atoms with Crippen LogP contribution in [0.3, 0.4) is 0 Å². The van der Waals surface area contributed by atoms with Crippen molar-refractivity contribution in [3.05, 3.63) is 47.7 Å². The van der Waals surface area contributed by atoms with Crippen molar-refractivity contribution in [2.24, 2.45) is 5.73 Å². The molecule has 5 nitrogen and oxygen atoms in total. The van der Waals surface area contributed by atoms with Crippen molar-refractivity contribution in [1.29, 1.82) is 0 Å². The molecule has 1 aromatic heterocycles. The van der Waals surface area contributed by atoms with Crippen molar-refractivity contribution < 1.29 is 4.79 Å². The monoisotopic (exact) mass is 298 g/mol. The first-order valence-electron chi connectivity index (χ1n) is 7.90. The SMILES string of the molecule is NC(=O)N(CCc1ccccc1)c1cc(C2CCCC2)n[nH]1. The van der Waals surface area contributed by atoms with Crippen molar-refractivity contribution in [1.82, 2.24) is 10.2 Å². The van der Waals surface area contributed by atoms with Gasteiger partial charge in [-0.05, 0) is 24.8 Å². The molecular formula is C17H22N4O. The minimum absolute atomic E-state index is 0.447. The molecule has 1 saturated carbocycles. The number of hydrogen-bond donors (Lipinski definition) is 2. The molecule has 3 N–H and O–H groups in total. The molecule has 3 rings (SSSR count). The summed E-state index contributed by atoms with van der Waals surface area (Å²) in [5.41, 5.74) is 7.77. The van der Waals surface area contributed by atoms with Gasteiger partial charge in [0.05, 0.1) is 5.69 Å². The summed E-state index contributed by atoms with van der Waals surface area (Å²) in [5.74, 6) is 1.22. The van der Waals surface area contributed by atoms with Crippen LogP contribution in [0.2, 0.25) is 0 Å². The third-order valence-corrected chi connectivity index (χ3v) is 4.38. The molecule has 0 radical (unpaired) electrons. The highest BCUT2D eigenvalue weighted by atomic mass is 16.2. The number of urea groups is 1. The summed E-state index contributed by atoms with van der Waals surface area (Å²) in [5, 5.41) is 7.36. The molecular weight excluding hydrogens is 276 g/mol. The number of nitrogens with one attached hydrogen (secondary N) is 1. The zero-order valence-corrected chi connectivity index (χ0v) is 12.7. The summed E-state index contributed by atoms with van der Waals surface area (Å²) in [6.45, 7) is 0.547. The quantitative estimate of drug-likeness (QED) is 0.889. The number of carbonyl (C=O) groups excluding carboxylic acids is 1. The maximum Gasteiger partial charge on any atom is 0.320 e. The average molecular weight is 298 g/mol. The molecule has 0 saturated heterocycles. The van der Waals surface area contributed by atoms with Crippen LogP contribution in [0.4, 0.5) is 10.6 Å². The van der Waals surface area contributed by atoms with Gasteiger partial charge in [0.15, 0.2) is 0 Å². The Balaban J connectivity index is 1.69. The zero-order valence-electron chi connectivity index (χ0n) is 12.7. The van der Waals surface area contributed by atoms with Gasteiger partial charge in [-0.1, -0.05) is 43.2 Å². The smallest absolute Gasteiger partial charge is 0.320 e. The van der Waals surface area contributed by atoms with Gasteiger partial charge in [-0.3, -0.25) is 10.00 Å². The molecule has 0 unspecified atom stereocenters. The number of aromatic nitrogens is 2. The predicted molar refractivity (Wildman–Crippen MR) is 86.9 cm³/mol. The third kappa shape index (κ3) is 3.30. The summed E-state index contributed by atoms with van der Waals surface area (Å²) in [7, 11) is 0. The maximum absolute atomic E-state index is 11.8. The Labute approximate surface area is 130 Å². The number of aromatic amines is 1. The van der Waals surface area contributed by atoms with Gasteiger partial charge in [-0.15, -0.1) is 0 Å². The first-order chi connectivity index (χ1) is 10.7. The van der Waals surface area contributed by atoms with Crippen molar-refractivity contribution in [3.8, 4) is 0 Å². The van der Waals surface area contributed by atoms with E-state index in [1.54, 1.807) is 4.90 Å². The minimum Gasteiger partial charge on any atom is -0.351 e. The first kappa shape index (κ1) is 14.6. The number of amides is 2. The summed E-state index contributed by atoms with van der Waals surface area (Å²) >= 11 is 0. The van der Waals surface area contributed by atoms with E-state index >= 15 is 0 Å². The second-order valence-electron chi connectivity index (χ2n) is 5.88. The van der Waals surface area contributed by atoms with Crippen molar-refractivity contribution in [2.75, 3.05) is 11.4 Å². The average Bonchev–Trinajstić information content (AvgIpc) is 3.19. The highest BCUT2D eigenvalue weighted by Crippen LogP contribution is 2.34. The Morgan fingerprint density at radius 2 is 2.00 bits per heavy atom. The summed E-state index contributed by atoms with van der Waals surface area (Å²) < 4.78 is 0. The topological polar surface area (TPSA) is 75.0 Å². The largest absolute Gasteiger partial charge is 0.351 e. The number of hydrogen-bond acceptors (Lipinski definition) is 2. The molecule has 0 bridgehead atoms. The van der Waals surface area contributed by atoms with Crippen molar-refractivity contribution in [3.63, 3.8) is 0 Å². The molecule has 0 spiro atoms. The first-order valence-corrected chi connectivity index (χ1v) is 7.90.